The van der Waals surface area contributed by atoms with E-state index in [1.807, 2.05) is 6.92 Å². The Balaban J connectivity index is 2.09. The smallest absolute Gasteiger partial charge is 0.251 e. The van der Waals surface area contributed by atoms with E-state index in [9.17, 15) is 13.2 Å². The number of nitrogens with one attached hydrogen (secondary N) is 2. The minimum atomic E-state index is -3.63. The molecule has 25 heavy (non-hydrogen) atoms. The van der Waals surface area contributed by atoms with E-state index in [0.29, 0.717) is 25.1 Å². The lowest BCUT2D eigenvalue weighted by Crippen LogP contribution is -2.36. The van der Waals surface area contributed by atoms with Crippen LogP contribution in [0.1, 0.15) is 54.4 Å². The van der Waals surface area contributed by atoms with E-state index in [2.05, 4.69) is 10.0 Å². The maximum Gasteiger partial charge on any atom is 0.251 e. The number of sulfonamides is 1. The number of hydrogen-bond donors (Lipinski definition) is 2. The van der Waals surface area contributed by atoms with Gasteiger partial charge in [0.1, 0.15) is 0 Å². The van der Waals surface area contributed by atoms with Gasteiger partial charge in [0.25, 0.3) is 5.91 Å². The highest BCUT2D eigenvalue weighted by molar-refractivity contribution is 7.89. The zero-order valence-electron chi connectivity index (χ0n) is 15.0. The van der Waals surface area contributed by atoms with Gasteiger partial charge in [-0.2, -0.15) is 0 Å². The largest absolute Gasteiger partial charge is 0.385 e. The quantitative estimate of drug-likeness (QED) is 0.690. The highest BCUT2D eigenvalue weighted by Crippen LogP contribution is 2.20. The predicted molar refractivity (Wildman–Crippen MR) is 97.2 cm³/mol. The molecule has 1 aromatic rings. The second kappa shape index (κ2) is 9.31. The SMILES string of the molecule is COCCCNS(=O)(=O)c1ccc(C)c(C(=O)NC2CCCCC2)c1. The number of amides is 1. The fourth-order valence-corrected chi connectivity index (χ4v) is 4.13. The molecule has 0 radical (unpaired) electrons. The maximum atomic E-state index is 12.6. The summed E-state index contributed by atoms with van der Waals surface area (Å²) in [5, 5.41) is 3.04. The molecule has 1 aliphatic carbocycles. The molecule has 1 saturated carbocycles. The Labute approximate surface area is 150 Å². The van der Waals surface area contributed by atoms with Crippen molar-refractivity contribution < 1.29 is 17.9 Å². The van der Waals surface area contributed by atoms with Crippen LogP contribution in [0.2, 0.25) is 0 Å². The molecule has 1 amide bonds. The number of hydrogen-bond acceptors (Lipinski definition) is 4. The molecule has 1 aromatic carbocycles. The lowest BCUT2D eigenvalue weighted by atomic mass is 9.95. The van der Waals surface area contributed by atoms with Crippen LogP contribution in [0.15, 0.2) is 23.1 Å². The monoisotopic (exact) mass is 368 g/mol. The van der Waals surface area contributed by atoms with Crippen LogP contribution in [0.25, 0.3) is 0 Å². The van der Waals surface area contributed by atoms with E-state index in [-0.39, 0.29) is 16.8 Å². The van der Waals surface area contributed by atoms with E-state index >= 15 is 0 Å². The Kier molecular flexibility index (Phi) is 7.40. The standard InChI is InChI=1S/C18H28N2O4S/c1-14-9-10-16(25(22,23)19-11-6-12-24-2)13-17(14)18(21)20-15-7-4-3-5-8-15/h9-10,13,15,19H,3-8,11-12H2,1-2H3,(H,20,21). The van der Waals surface area contributed by atoms with Gasteiger partial charge in [0.15, 0.2) is 0 Å². The lowest BCUT2D eigenvalue weighted by Gasteiger charge is -2.23. The second-order valence-electron chi connectivity index (χ2n) is 6.53. The van der Waals surface area contributed by atoms with Gasteiger partial charge in [0.05, 0.1) is 4.90 Å². The van der Waals surface area contributed by atoms with Crippen molar-refractivity contribution in [1.29, 1.82) is 0 Å². The predicted octanol–water partition coefficient (Wildman–Crippen LogP) is 2.37. The first-order valence-corrected chi connectivity index (χ1v) is 10.3. The van der Waals surface area contributed by atoms with Gasteiger partial charge in [-0.3, -0.25) is 4.79 Å². The third-order valence-corrected chi connectivity index (χ3v) is 5.98. The Morgan fingerprint density at radius 2 is 1.96 bits per heavy atom. The van der Waals surface area contributed by atoms with Gasteiger partial charge in [-0.05, 0) is 43.9 Å². The summed E-state index contributed by atoms with van der Waals surface area (Å²) in [5.74, 6) is -0.194. The molecule has 0 heterocycles. The Morgan fingerprint density at radius 1 is 1.24 bits per heavy atom. The van der Waals surface area contributed by atoms with Gasteiger partial charge >= 0.3 is 0 Å². The average molecular weight is 368 g/mol. The molecule has 0 saturated heterocycles. The van der Waals surface area contributed by atoms with E-state index in [1.165, 1.54) is 18.6 Å². The fraction of sp³-hybridized carbons (Fsp3) is 0.611. The molecular formula is C18H28N2O4S. The summed E-state index contributed by atoms with van der Waals surface area (Å²) in [4.78, 5) is 12.7. The summed E-state index contributed by atoms with van der Waals surface area (Å²) >= 11 is 0. The van der Waals surface area contributed by atoms with Crippen molar-refractivity contribution >= 4 is 15.9 Å². The van der Waals surface area contributed by atoms with E-state index in [4.69, 9.17) is 4.74 Å². The summed E-state index contributed by atoms with van der Waals surface area (Å²) < 4.78 is 32.2. The normalized spacial score (nSPS) is 15.9. The van der Waals surface area contributed by atoms with Crippen LogP contribution in [-0.2, 0) is 14.8 Å². The fourth-order valence-electron chi connectivity index (χ4n) is 3.03. The van der Waals surface area contributed by atoms with Crippen LogP contribution >= 0.6 is 0 Å². The molecule has 0 bridgehead atoms. The summed E-state index contributed by atoms with van der Waals surface area (Å²) in [6, 6.07) is 4.87. The zero-order chi connectivity index (χ0) is 18.3. The first-order chi connectivity index (χ1) is 11.9. The van der Waals surface area contributed by atoms with Crippen LogP contribution in [0.4, 0.5) is 0 Å². The molecule has 140 valence electrons. The number of carbonyl (C=O) groups excluding carboxylic acids is 1. The van der Waals surface area contributed by atoms with Crippen molar-refractivity contribution in [2.75, 3.05) is 20.3 Å². The maximum absolute atomic E-state index is 12.6. The topological polar surface area (TPSA) is 84.5 Å². The summed E-state index contributed by atoms with van der Waals surface area (Å²) in [6.45, 7) is 2.61. The molecule has 0 unspecified atom stereocenters. The molecule has 6 nitrogen and oxygen atoms in total. The Bertz CT molecular complexity index is 682. The number of carbonyl (C=O) groups is 1. The van der Waals surface area contributed by atoms with Crippen LogP contribution in [0.3, 0.4) is 0 Å². The minimum absolute atomic E-state index is 0.115. The first kappa shape index (κ1) is 19.9. The van der Waals surface area contributed by atoms with Crippen molar-refractivity contribution in [3.63, 3.8) is 0 Å². The van der Waals surface area contributed by atoms with Gasteiger partial charge in [0, 0.05) is 31.9 Å². The molecule has 0 spiro atoms. The number of benzene rings is 1. The molecule has 1 fully saturated rings. The van der Waals surface area contributed by atoms with Crippen LogP contribution in [0.5, 0.6) is 0 Å². The zero-order valence-corrected chi connectivity index (χ0v) is 15.8. The van der Waals surface area contributed by atoms with E-state index in [0.717, 1.165) is 31.2 Å². The summed E-state index contributed by atoms with van der Waals surface area (Å²) in [7, 11) is -2.06. The molecular weight excluding hydrogens is 340 g/mol. The summed E-state index contributed by atoms with van der Waals surface area (Å²) in [6.07, 6.45) is 6.05. The van der Waals surface area contributed by atoms with Gasteiger partial charge in [-0.25, -0.2) is 13.1 Å². The van der Waals surface area contributed by atoms with Gasteiger partial charge in [-0.15, -0.1) is 0 Å². The minimum Gasteiger partial charge on any atom is -0.385 e. The molecule has 2 N–H and O–H groups in total. The first-order valence-electron chi connectivity index (χ1n) is 8.84. The second-order valence-corrected chi connectivity index (χ2v) is 8.30. The summed E-state index contributed by atoms with van der Waals surface area (Å²) in [5.41, 5.74) is 1.19. The highest BCUT2D eigenvalue weighted by atomic mass is 32.2. The molecule has 0 aliphatic heterocycles. The molecule has 0 aromatic heterocycles. The molecule has 0 atom stereocenters. The Morgan fingerprint density at radius 3 is 2.64 bits per heavy atom. The van der Waals surface area contributed by atoms with Gasteiger partial charge in [-0.1, -0.05) is 25.3 Å². The average Bonchev–Trinajstić information content (AvgIpc) is 2.60. The van der Waals surface area contributed by atoms with Crippen molar-refractivity contribution in [3.05, 3.63) is 29.3 Å². The van der Waals surface area contributed by atoms with Crippen LogP contribution < -0.4 is 10.0 Å². The molecule has 2 rings (SSSR count). The van der Waals surface area contributed by atoms with Crippen LogP contribution in [-0.4, -0.2) is 40.6 Å². The molecule has 7 heteroatoms. The number of aryl methyl sites for hydroxylation is 1. The highest BCUT2D eigenvalue weighted by Gasteiger charge is 2.20. The number of methoxy groups -OCH3 is 1. The third kappa shape index (κ3) is 5.80. The van der Waals surface area contributed by atoms with E-state index < -0.39 is 10.0 Å². The van der Waals surface area contributed by atoms with Crippen molar-refractivity contribution in [1.82, 2.24) is 10.0 Å². The Hall–Kier alpha value is -1.44. The van der Waals surface area contributed by atoms with E-state index in [1.54, 1.807) is 13.2 Å². The van der Waals surface area contributed by atoms with Crippen molar-refractivity contribution in [2.24, 2.45) is 0 Å². The van der Waals surface area contributed by atoms with Crippen molar-refractivity contribution in [2.45, 2.75) is 56.4 Å². The van der Waals surface area contributed by atoms with Crippen molar-refractivity contribution in [3.8, 4) is 0 Å². The lowest BCUT2D eigenvalue weighted by molar-refractivity contribution is 0.0927. The van der Waals surface area contributed by atoms with Crippen LogP contribution in [0, 0.1) is 6.92 Å². The molecule has 1 aliphatic rings. The third-order valence-electron chi connectivity index (χ3n) is 4.52. The number of rotatable bonds is 8. The van der Waals surface area contributed by atoms with Gasteiger partial charge < -0.3 is 10.1 Å². The van der Waals surface area contributed by atoms with Gasteiger partial charge in [0.2, 0.25) is 10.0 Å². The number of ether oxygens (including phenoxy) is 1.